The molecule has 58 heavy (non-hydrogen) atoms. The molecule has 0 aliphatic carbocycles. The lowest BCUT2D eigenvalue weighted by Gasteiger charge is -2.48. The summed E-state index contributed by atoms with van der Waals surface area (Å²) in [5, 5.41) is 25.0. The third-order valence-corrected chi connectivity index (χ3v) is 12.2. The summed E-state index contributed by atoms with van der Waals surface area (Å²) in [6.07, 6.45) is -5.49. The highest BCUT2D eigenvalue weighted by atomic mass is 16.7. The molecule has 2 N–H and O–H groups in total. The highest BCUT2D eigenvalue weighted by Crippen LogP contribution is 2.39. The Morgan fingerprint density at radius 1 is 1.03 bits per heavy atom. The molecule has 3 heterocycles. The smallest absolute Gasteiger partial charge is 0.312 e. The lowest BCUT2D eigenvalue weighted by Crippen LogP contribution is -2.60. The minimum Gasteiger partial charge on any atom is -0.497 e. The molecule has 0 spiro atoms. The van der Waals surface area contributed by atoms with Gasteiger partial charge >= 0.3 is 17.9 Å². The Labute approximate surface area is 345 Å². The zero-order valence-electron chi connectivity index (χ0n) is 36.8. The fourth-order valence-electron chi connectivity index (χ4n) is 9.22. The second kappa shape index (κ2) is 20.0. The average molecular weight is 819 g/mol. The number of esters is 3. The maximum absolute atomic E-state index is 14.4. The van der Waals surface area contributed by atoms with Gasteiger partial charge in [0.1, 0.15) is 23.6 Å². The van der Waals surface area contributed by atoms with Crippen molar-refractivity contribution in [1.29, 1.82) is 0 Å². The van der Waals surface area contributed by atoms with E-state index in [9.17, 15) is 24.6 Å². The molecule has 3 saturated heterocycles. The Hall–Kier alpha value is -3.11. The summed E-state index contributed by atoms with van der Waals surface area (Å²) in [6, 6.07) is 6.46. The SMILES string of the molecule is C=C1CO[C@@H]2[C@@H](C)CN(C1)[C@H](C)C[C@@](C)(O)[C@H](O[C@@H]1O[C@H](C)C[C@H](N(C)C)[C@H]1OC(C)=O)[C@@H](C)[C@H](OC(=O)Cc1ccc(OC)cc1)[C@@H](C)C(=O)O[C@H](CC)[C@@]2(C)O. The number of likely N-dealkylation sites (N-methyl/N-ethyl adjacent to an activating group) is 1. The molecule has 1 aromatic rings. The van der Waals surface area contributed by atoms with Crippen LogP contribution in [0.5, 0.6) is 5.75 Å². The average Bonchev–Trinajstić information content (AvgIpc) is 3.13. The van der Waals surface area contributed by atoms with E-state index in [1.165, 1.54) is 6.92 Å². The molecule has 1 unspecified atom stereocenters. The summed E-state index contributed by atoms with van der Waals surface area (Å²) in [5.41, 5.74) is -1.81. The van der Waals surface area contributed by atoms with Crippen LogP contribution in [0.4, 0.5) is 0 Å². The van der Waals surface area contributed by atoms with Crippen molar-refractivity contribution in [1.82, 2.24) is 9.80 Å². The third-order valence-electron chi connectivity index (χ3n) is 12.2. The van der Waals surface area contributed by atoms with E-state index in [-0.39, 0.29) is 50.0 Å². The van der Waals surface area contributed by atoms with Crippen LogP contribution in [0, 0.1) is 17.8 Å². The molecule has 1 aromatic carbocycles. The molecule has 3 aliphatic rings. The standard InChI is InChI=1S/C44H70N2O12/c1-14-35-44(10,51)39-26(3)23-46(22-25(2)24-53-39)27(4)21-43(9,50)40(58-42-38(55-31(8)47)34(45(11)12)19-28(5)54-42)29(6)37(30(7)41(49)56-35)57-36(48)20-32-15-17-33(52-13)18-16-32/h15-18,26-30,34-35,37-40,42,50-51H,2,14,19-24H2,1,3-13H3/t26-,27+,28+,29-,30+,34-,35+,37-,38+,39+,40+,42-,43+,44+/m0/s1. The number of rotatable bonds is 9. The first-order valence-electron chi connectivity index (χ1n) is 20.7. The van der Waals surface area contributed by atoms with Crippen LogP contribution < -0.4 is 4.74 Å². The molecule has 0 radical (unpaired) electrons. The predicted octanol–water partition coefficient (Wildman–Crippen LogP) is 4.31. The topological polar surface area (TPSA) is 163 Å². The van der Waals surface area contributed by atoms with Gasteiger partial charge in [-0.05, 0) is 97.2 Å². The molecule has 3 aliphatic heterocycles. The largest absolute Gasteiger partial charge is 0.497 e. The number of aliphatic hydroxyl groups is 2. The van der Waals surface area contributed by atoms with Crippen LogP contribution in [0.3, 0.4) is 0 Å². The number of carbonyl (C=O) groups excluding carboxylic acids is 3. The molecule has 14 nitrogen and oxygen atoms in total. The van der Waals surface area contributed by atoms with Crippen LogP contribution >= 0.6 is 0 Å². The maximum Gasteiger partial charge on any atom is 0.312 e. The quantitative estimate of drug-likeness (QED) is 0.206. The van der Waals surface area contributed by atoms with Crippen LogP contribution in [0.2, 0.25) is 0 Å². The van der Waals surface area contributed by atoms with E-state index >= 15 is 0 Å². The Balaban J connectivity index is 1.87. The van der Waals surface area contributed by atoms with Crippen molar-refractivity contribution in [3.8, 4) is 5.75 Å². The van der Waals surface area contributed by atoms with E-state index in [0.29, 0.717) is 30.8 Å². The number of ether oxygens (including phenoxy) is 7. The van der Waals surface area contributed by atoms with Gasteiger partial charge in [0, 0.05) is 32.0 Å². The normalized spacial score (nSPS) is 39.4. The number of benzene rings is 1. The molecule has 2 bridgehead atoms. The summed E-state index contributed by atoms with van der Waals surface area (Å²) in [4.78, 5) is 45.0. The van der Waals surface area contributed by atoms with E-state index in [1.54, 1.807) is 59.1 Å². The van der Waals surface area contributed by atoms with Crippen LogP contribution in [0.15, 0.2) is 36.4 Å². The number of hydrogen-bond acceptors (Lipinski definition) is 14. The van der Waals surface area contributed by atoms with Gasteiger partial charge in [-0.2, -0.15) is 0 Å². The predicted molar refractivity (Wildman–Crippen MR) is 217 cm³/mol. The highest BCUT2D eigenvalue weighted by Gasteiger charge is 2.52. The van der Waals surface area contributed by atoms with Crippen molar-refractivity contribution in [2.45, 2.75) is 154 Å². The van der Waals surface area contributed by atoms with Gasteiger partial charge in [0.25, 0.3) is 0 Å². The first-order valence-corrected chi connectivity index (χ1v) is 20.7. The lowest BCUT2D eigenvalue weighted by atomic mass is 9.78. The van der Waals surface area contributed by atoms with Crippen molar-refractivity contribution in [2.75, 3.05) is 40.9 Å². The Kier molecular flexibility index (Phi) is 16.4. The molecule has 4 rings (SSSR count). The van der Waals surface area contributed by atoms with E-state index in [4.69, 9.17) is 33.2 Å². The molecule has 0 saturated carbocycles. The van der Waals surface area contributed by atoms with Crippen molar-refractivity contribution in [3.05, 3.63) is 42.0 Å². The molecule has 3 fully saturated rings. The Bertz CT molecular complexity index is 1550. The lowest BCUT2D eigenvalue weighted by molar-refractivity contribution is -0.301. The van der Waals surface area contributed by atoms with Gasteiger partial charge in [0.2, 0.25) is 0 Å². The molecular weight excluding hydrogens is 748 g/mol. The van der Waals surface area contributed by atoms with E-state index < -0.39 is 77.8 Å². The Morgan fingerprint density at radius 2 is 1.69 bits per heavy atom. The minimum absolute atomic E-state index is 0.113. The van der Waals surface area contributed by atoms with Crippen LogP contribution in [-0.4, -0.2) is 145 Å². The second-order valence-electron chi connectivity index (χ2n) is 17.7. The maximum atomic E-state index is 14.4. The van der Waals surface area contributed by atoms with Crippen molar-refractivity contribution >= 4 is 17.9 Å². The van der Waals surface area contributed by atoms with Crippen molar-refractivity contribution in [2.24, 2.45) is 17.8 Å². The van der Waals surface area contributed by atoms with E-state index in [2.05, 4.69) is 11.5 Å². The van der Waals surface area contributed by atoms with Crippen LogP contribution in [0.25, 0.3) is 0 Å². The number of nitrogens with zero attached hydrogens (tertiary/aromatic N) is 2. The van der Waals surface area contributed by atoms with Crippen LogP contribution in [0.1, 0.15) is 87.1 Å². The van der Waals surface area contributed by atoms with Gasteiger partial charge in [-0.25, -0.2) is 0 Å². The summed E-state index contributed by atoms with van der Waals surface area (Å²) < 4.78 is 43.3. The first-order chi connectivity index (χ1) is 27.1. The van der Waals surface area contributed by atoms with Gasteiger partial charge in [0.05, 0.1) is 56.0 Å². The summed E-state index contributed by atoms with van der Waals surface area (Å²) in [6.45, 7) is 21.1. The number of hydrogen-bond donors (Lipinski definition) is 2. The van der Waals surface area contributed by atoms with Gasteiger partial charge in [-0.3, -0.25) is 19.3 Å². The molecule has 0 amide bonds. The zero-order valence-corrected chi connectivity index (χ0v) is 36.8. The van der Waals surface area contributed by atoms with Gasteiger partial charge < -0.3 is 48.3 Å². The highest BCUT2D eigenvalue weighted by molar-refractivity contribution is 5.76. The summed E-state index contributed by atoms with van der Waals surface area (Å²) >= 11 is 0. The molecule has 15 atom stereocenters. The second-order valence-corrected chi connectivity index (χ2v) is 17.7. The molecule has 14 heteroatoms. The fourth-order valence-corrected chi connectivity index (χ4v) is 9.22. The minimum atomic E-state index is -1.65. The summed E-state index contributed by atoms with van der Waals surface area (Å²) in [5.74, 6) is -3.41. The van der Waals surface area contributed by atoms with E-state index in [1.807, 2.05) is 46.7 Å². The number of fused-ring (bicyclic) bond motifs is 3. The number of cyclic esters (lactones) is 1. The van der Waals surface area contributed by atoms with Gasteiger partial charge in [-0.15, -0.1) is 0 Å². The number of methoxy groups -OCH3 is 1. The summed E-state index contributed by atoms with van der Waals surface area (Å²) in [7, 11) is 5.34. The molecule has 328 valence electrons. The fraction of sp³-hybridized carbons (Fsp3) is 0.750. The first kappa shape index (κ1) is 47.6. The molecular formula is C44H70N2O12. The van der Waals surface area contributed by atoms with Gasteiger partial charge in [-0.1, -0.05) is 39.5 Å². The van der Waals surface area contributed by atoms with Crippen LogP contribution in [-0.2, 0) is 49.2 Å². The van der Waals surface area contributed by atoms with Crippen molar-refractivity contribution in [3.63, 3.8) is 0 Å². The number of carbonyl (C=O) groups is 3. The monoisotopic (exact) mass is 818 g/mol. The van der Waals surface area contributed by atoms with E-state index in [0.717, 1.165) is 5.57 Å². The zero-order chi connectivity index (χ0) is 43.3. The third kappa shape index (κ3) is 11.6. The van der Waals surface area contributed by atoms with Crippen molar-refractivity contribution < 1.29 is 57.8 Å². The Morgan fingerprint density at radius 3 is 2.28 bits per heavy atom. The van der Waals surface area contributed by atoms with Gasteiger partial charge in [0.15, 0.2) is 12.4 Å². The molecule has 0 aromatic heterocycles.